The lowest BCUT2D eigenvalue weighted by atomic mass is 9.94. The lowest BCUT2D eigenvalue weighted by Crippen LogP contribution is -2.69. The number of alkyl halides is 3. The molecule has 0 spiro atoms. The Morgan fingerprint density at radius 1 is 1.33 bits per heavy atom. The van der Waals surface area contributed by atoms with Gasteiger partial charge >= 0.3 is 6.18 Å². The van der Waals surface area contributed by atoms with E-state index in [1.807, 2.05) is 0 Å². The molecule has 1 saturated carbocycles. The third-order valence-corrected chi connectivity index (χ3v) is 3.87. The van der Waals surface area contributed by atoms with Crippen LogP contribution in [0.25, 0.3) is 0 Å². The number of hydrogen-bond acceptors (Lipinski definition) is 3. The standard InChI is InChI=1S/C13H19F3N2O3/c1-12(2)11(20)17-9(8-3-4-8)10(19)18(12)5-6-21-7-13(14,15)16/h8-9H,3-7H2,1-2H3,(H,17,20). The fraction of sp³-hybridized carbons (Fsp3) is 0.846. The van der Waals surface area contributed by atoms with Crippen molar-refractivity contribution in [3.8, 4) is 0 Å². The Balaban J connectivity index is 1.96. The van der Waals surface area contributed by atoms with Crippen molar-refractivity contribution < 1.29 is 27.5 Å². The number of amides is 2. The second kappa shape index (κ2) is 5.47. The number of rotatable bonds is 5. The minimum atomic E-state index is -4.39. The normalized spacial score (nSPS) is 26.0. The average molecular weight is 308 g/mol. The molecule has 2 amide bonds. The monoisotopic (exact) mass is 308 g/mol. The smallest absolute Gasteiger partial charge is 0.370 e. The molecule has 1 atom stereocenters. The molecule has 2 fully saturated rings. The van der Waals surface area contributed by atoms with Gasteiger partial charge in [0.15, 0.2) is 0 Å². The van der Waals surface area contributed by atoms with E-state index in [0.717, 1.165) is 12.8 Å². The molecule has 0 radical (unpaired) electrons. The van der Waals surface area contributed by atoms with Crippen LogP contribution in [0, 0.1) is 5.92 Å². The lowest BCUT2D eigenvalue weighted by molar-refractivity contribution is -0.177. The molecule has 1 saturated heterocycles. The molecule has 0 aromatic carbocycles. The maximum Gasteiger partial charge on any atom is 0.411 e. The maximum atomic E-state index is 12.4. The molecule has 8 heteroatoms. The highest BCUT2D eigenvalue weighted by molar-refractivity contribution is 5.99. The van der Waals surface area contributed by atoms with Crippen LogP contribution in [-0.4, -0.2) is 54.2 Å². The predicted octanol–water partition coefficient (Wildman–Crippen LogP) is 1.08. The number of ether oxygens (including phenoxy) is 1. The first-order valence-electron chi connectivity index (χ1n) is 6.90. The van der Waals surface area contributed by atoms with Gasteiger partial charge in [0, 0.05) is 6.54 Å². The van der Waals surface area contributed by atoms with E-state index in [2.05, 4.69) is 10.1 Å². The molecule has 1 aliphatic carbocycles. The molecule has 21 heavy (non-hydrogen) atoms. The van der Waals surface area contributed by atoms with Gasteiger partial charge in [-0.05, 0) is 32.6 Å². The molecule has 0 aromatic rings. The van der Waals surface area contributed by atoms with Crippen molar-refractivity contribution >= 4 is 11.8 Å². The quantitative estimate of drug-likeness (QED) is 0.773. The van der Waals surface area contributed by atoms with E-state index in [0.29, 0.717) is 0 Å². The van der Waals surface area contributed by atoms with E-state index < -0.39 is 24.4 Å². The van der Waals surface area contributed by atoms with Gasteiger partial charge < -0.3 is 15.0 Å². The molecule has 0 bridgehead atoms. The summed E-state index contributed by atoms with van der Waals surface area (Å²) in [6.07, 6.45) is -2.62. The molecule has 1 unspecified atom stereocenters. The van der Waals surface area contributed by atoms with Crippen molar-refractivity contribution in [2.75, 3.05) is 19.8 Å². The number of carbonyl (C=O) groups excluding carboxylic acids is 2. The SMILES string of the molecule is CC1(C)C(=O)NC(C2CC2)C(=O)N1CCOCC(F)(F)F. The van der Waals surface area contributed by atoms with Gasteiger partial charge in [-0.2, -0.15) is 13.2 Å². The highest BCUT2D eigenvalue weighted by atomic mass is 19.4. The van der Waals surface area contributed by atoms with Crippen LogP contribution in [0.1, 0.15) is 26.7 Å². The Morgan fingerprint density at radius 2 is 1.95 bits per heavy atom. The fourth-order valence-electron chi connectivity index (χ4n) is 2.43. The van der Waals surface area contributed by atoms with E-state index in [4.69, 9.17) is 0 Å². The molecule has 1 aliphatic heterocycles. The van der Waals surface area contributed by atoms with Crippen molar-refractivity contribution in [2.45, 2.75) is 44.4 Å². The van der Waals surface area contributed by atoms with Gasteiger partial charge in [0.25, 0.3) is 0 Å². The fourth-order valence-corrected chi connectivity index (χ4v) is 2.43. The molecular formula is C13H19F3N2O3. The lowest BCUT2D eigenvalue weighted by Gasteiger charge is -2.44. The van der Waals surface area contributed by atoms with Gasteiger partial charge in [-0.25, -0.2) is 0 Å². The number of carbonyl (C=O) groups is 2. The van der Waals surface area contributed by atoms with Gasteiger partial charge in [0.1, 0.15) is 18.2 Å². The number of nitrogens with one attached hydrogen (secondary N) is 1. The summed E-state index contributed by atoms with van der Waals surface area (Å²) in [5.41, 5.74) is -1.08. The average Bonchev–Trinajstić information content (AvgIpc) is 3.15. The van der Waals surface area contributed by atoms with Crippen molar-refractivity contribution in [2.24, 2.45) is 5.92 Å². The minimum absolute atomic E-state index is 0.0292. The maximum absolute atomic E-state index is 12.4. The topological polar surface area (TPSA) is 58.6 Å². The van der Waals surface area contributed by atoms with Crippen LogP contribution in [0.5, 0.6) is 0 Å². The van der Waals surface area contributed by atoms with Crippen LogP contribution in [-0.2, 0) is 14.3 Å². The molecule has 1 N–H and O–H groups in total. The second-order valence-electron chi connectivity index (χ2n) is 6.01. The van der Waals surface area contributed by atoms with Crippen LogP contribution >= 0.6 is 0 Å². The van der Waals surface area contributed by atoms with Crippen LogP contribution in [0.3, 0.4) is 0 Å². The summed E-state index contributed by atoms with van der Waals surface area (Å²) in [5.74, 6) is -0.372. The molecular weight excluding hydrogens is 289 g/mol. The zero-order chi connectivity index (χ0) is 15.8. The molecule has 5 nitrogen and oxygen atoms in total. The van der Waals surface area contributed by atoms with Crippen LogP contribution in [0.15, 0.2) is 0 Å². The third-order valence-electron chi connectivity index (χ3n) is 3.87. The summed E-state index contributed by atoms with van der Waals surface area (Å²) in [4.78, 5) is 25.8. The summed E-state index contributed by atoms with van der Waals surface area (Å²) >= 11 is 0. The predicted molar refractivity (Wildman–Crippen MR) is 67.3 cm³/mol. The summed E-state index contributed by atoms with van der Waals surface area (Å²) < 4.78 is 40.6. The Labute approximate surface area is 120 Å². The Morgan fingerprint density at radius 3 is 2.48 bits per heavy atom. The van der Waals surface area contributed by atoms with Crippen molar-refractivity contribution in [3.63, 3.8) is 0 Å². The number of halogens is 3. The zero-order valence-corrected chi connectivity index (χ0v) is 12.0. The first-order chi connectivity index (χ1) is 9.63. The van der Waals surface area contributed by atoms with E-state index >= 15 is 0 Å². The van der Waals surface area contributed by atoms with Gasteiger partial charge in [0.2, 0.25) is 11.8 Å². The number of hydrogen-bond donors (Lipinski definition) is 1. The van der Waals surface area contributed by atoms with Crippen molar-refractivity contribution in [1.82, 2.24) is 10.2 Å². The highest BCUT2D eigenvalue weighted by Crippen LogP contribution is 2.36. The van der Waals surface area contributed by atoms with Crippen LogP contribution in [0.4, 0.5) is 13.2 Å². The molecule has 1 heterocycles. The Kier molecular flexibility index (Phi) is 4.19. The summed E-state index contributed by atoms with van der Waals surface area (Å²) in [6.45, 7) is 1.52. The van der Waals surface area contributed by atoms with Gasteiger partial charge in [-0.15, -0.1) is 0 Å². The first-order valence-corrected chi connectivity index (χ1v) is 6.90. The van der Waals surface area contributed by atoms with Gasteiger partial charge in [-0.1, -0.05) is 0 Å². The largest absolute Gasteiger partial charge is 0.411 e. The molecule has 120 valence electrons. The highest BCUT2D eigenvalue weighted by Gasteiger charge is 2.50. The summed E-state index contributed by atoms with van der Waals surface area (Å²) in [7, 11) is 0. The molecule has 0 aromatic heterocycles. The van der Waals surface area contributed by atoms with Crippen molar-refractivity contribution in [1.29, 1.82) is 0 Å². The number of nitrogens with zero attached hydrogens (tertiary/aromatic N) is 1. The summed E-state index contributed by atoms with van der Waals surface area (Å²) in [5, 5.41) is 2.71. The van der Waals surface area contributed by atoms with Gasteiger partial charge in [-0.3, -0.25) is 9.59 Å². The van der Waals surface area contributed by atoms with Crippen LogP contribution in [0.2, 0.25) is 0 Å². The van der Waals surface area contributed by atoms with Crippen LogP contribution < -0.4 is 5.32 Å². The van der Waals surface area contributed by atoms with E-state index in [9.17, 15) is 22.8 Å². The van der Waals surface area contributed by atoms with Gasteiger partial charge in [0.05, 0.1) is 6.61 Å². The van der Waals surface area contributed by atoms with E-state index in [1.165, 1.54) is 4.90 Å². The summed E-state index contributed by atoms with van der Waals surface area (Å²) in [6, 6.07) is -0.548. The third kappa shape index (κ3) is 3.66. The number of piperazine rings is 1. The zero-order valence-electron chi connectivity index (χ0n) is 12.0. The molecule has 2 aliphatic rings. The second-order valence-corrected chi connectivity index (χ2v) is 6.01. The van der Waals surface area contributed by atoms with Crippen molar-refractivity contribution in [3.05, 3.63) is 0 Å². The van der Waals surface area contributed by atoms with E-state index in [1.54, 1.807) is 13.8 Å². The van der Waals surface area contributed by atoms with E-state index in [-0.39, 0.29) is 30.9 Å². The first kappa shape index (κ1) is 16.1. The molecule has 2 rings (SSSR count). The minimum Gasteiger partial charge on any atom is -0.370 e. The Hall–Kier alpha value is -1.31. The Bertz CT molecular complexity index is 433.